The van der Waals surface area contributed by atoms with Crippen molar-refractivity contribution in [3.8, 4) is 0 Å². The molecule has 16 heavy (non-hydrogen) atoms. The molecule has 2 aliphatic rings. The monoisotopic (exact) mass is 230 g/mol. The molecule has 1 fully saturated rings. The van der Waals surface area contributed by atoms with E-state index in [9.17, 15) is 0 Å². The van der Waals surface area contributed by atoms with Crippen LogP contribution in [-0.2, 0) is 6.42 Å². The molecule has 1 unspecified atom stereocenters. The molecule has 3 heteroatoms. The van der Waals surface area contributed by atoms with E-state index in [2.05, 4.69) is 33.8 Å². The summed E-state index contributed by atoms with van der Waals surface area (Å²) in [5, 5.41) is 7.37. The van der Waals surface area contributed by atoms with Gasteiger partial charge in [0, 0.05) is 41.4 Å². The van der Waals surface area contributed by atoms with E-state index in [0.717, 1.165) is 19.6 Å². The lowest BCUT2D eigenvalue weighted by molar-refractivity contribution is 0.471. The van der Waals surface area contributed by atoms with Crippen LogP contribution in [0, 0.1) is 0 Å². The van der Waals surface area contributed by atoms with Crippen LogP contribution in [0.5, 0.6) is 0 Å². The maximum atomic E-state index is 3.50. The third-order valence-corrected chi connectivity index (χ3v) is 4.77. The van der Waals surface area contributed by atoms with Crippen molar-refractivity contribution in [2.24, 2.45) is 0 Å². The first-order valence-corrected chi connectivity index (χ1v) is 6.78. The van der Waals surface area contributed by atoms with Crippen molar-refractivity contribution < 1.29 is 0 Å². The smallest absolute Gasteiger partial charge is 0.0460 e. The third-order valence-electron chi connectivity index (χ3n) is 3.77. The molecule has 0 amide bonds. The third kappa shape index (κ3) is 1.10. The van der Waals surface area contributed by atoms with Gasteiger partial charge in [-0.25, -0.2) is 0 Å². The van der Waals surface area contributed by atoms with Crippen molar-refractivity contribution in [2.75, 3.05) is 24.5 Å². The lowest BCUT2D eigenvalue weighted by Gasteiger charge is -2.41. The average molecular weight is 230 g/mol. The van der Waals surface area contributed by atoms with E-state index in [4.69, 9.17) is 0 Å². The first kappa shape index (κ1) is 9.02. The molecule has 1 aromatic heterocycles. The van der Waals surface area contributed by atoms with E-state index in [0.29, 0.717) is 6.04 Å². The second-order valence-corrected chi connectivity index (χ2v) is 5.58. The fourth-order valence-electron chi connectivity index (χ4n) is 3.04. The summed E-state index contributed by atoms with van der Waals surface area (Å²) in [4.78, 5) is 2.60. The van der Waals surface area contributed by atoms with Gasteiger partial charge in [-0.3, -0.25) is 0 Å². The zero-order valence-electron chi connectivity index (χ0n) is 9.07. The standard InChI is InChI=1S/C13H14N2S/c1-2-11-13-9(8-16-12(13)3-1)6-10-7-14-4-5-15(10)11/h1-3,8,10,14H,4-7H2. The summed E-state index contributed by atoms with van der Waals surface area (Å²) < 4.78 is 1.45. The SMILES string of the molecule is c1cc2c3c(csc3c1)CC1CNCCN21. The highest BCUT2D eigenvalue weighted by Gasteiger charge is 2.29. The van der Waals surface area contributed by atoms with Crippen LogP contribution in [0.3, 0.4) is 0 Å². The van der Waals surface area contributed by atoms with Crippen molar-refractivity contribution in [2.45, 2.75) is 12.5 Å². The highest BCUT2D eigenvalue weighted by Crippen LogP contribution is 2.40. The van der Waals surface area contributed by atoms with Gasteiger partial charge in [0.25, 0.3) is 0 Å². The number of piperazine rings is 1. The molecule has 2 nitrogen and oxygen atoms in total. The summed E-state index contributed by atoms with van der Waals surface area (Å²) in [6.45, 7) is 3.40. The molecule has 0 radical (unpaired) electrons. The fraction of sp³-hybridized carbons (Fsp3) is 0.385. The van der Waals surface area contributed by atoms with Crippen LogP contribution in [0.4, 0.5) is 5.69 Å². The van der Waals surface area contributed by atoms with Crippen LogP contribution in [0.15, 0.2) is 23.6 Å². The van der Waals surface area contributed by atoms with Gasteiger partial charge >= 0.3 is 0 Å². The Hall–Kier alpha value is -1.06. The van der Waals surface area contributed by atoms with Crippen molar-refractivity contribution in [3.05, 3.63) is 29.1 Å². The molecule has 2 aromatic rings. The molecule has 1 atom stereocenters. The van der Waals surface area contributed by atoms with Gasteiger partial charge in [0.05, 0.1) is 0 Å². The normalized spacial score (nSPS) is 23.5. The summed E-state index contributed by atoms with van der Waals surface area (Å²) in [6.07, 6.45) is 1.21. The van der Waals surface area contributed by atoms with Crippen LogP contribution in [-0.4, -0.2) is 25.7 Å². The Labute approximate surface area is 98.9 Å². The summed E-state index contributed by atoms with van der Waals surface area (Å²) in [5.74, 6) is 0. The van der Waals surface area contributed by atoms with Crippen LogP contribution < -0.4 is 10.2 Å². The Morgan fingerprint density at radius 1 is 1.38 bits per heavy atom. The molecule has 1 N–H and O–H groups in total. The van der Waals surface area contributed by atoms with Gasteiger partial charge in [-0.2, -0.15) is 0 Å². The summed E-state index contributed by atoms with van der Waals surface area (Å²) in [6, 6.07) is 7.40. The van der Waals surface area contributed by atoms with Crippen molar-refractivity contribution in [1.29, 1.82) is 0 Å². The molecule has 4 rings (SSSR count). The quantitative estimate of drug-likeness (QED) is 0.746. The minimum absolute atomic E-state index is 0.668. The molecule has 3 heterocycles. The van der Waals surface area contributed by atoms with Crippen LogP contribution >= 0.6 is 11.3 Å². The molecule has 0 spiro atoms. The molecule has 0 bridgehead atoms. The maximum absolute atomic E-state index is 3.50. The molecule has 0 aliphatic carbocycles. The molecule has 0 saturated carbocycles. The number of nitrogens with one attached hydrogen (secondary N) is 1. The first-order chi connectivity index (χ1) is 7.93. The van der Waals surface area contributed by atoms with Crippen LogP contribution in [0.1, 0.15) is 5.56 Å². The van der Waals surface area contributed by atoms with E-state index >= 15 is 0 Å². The second kappa shape index (κ2) is 3.22. The number of fused-ring (bicyclic) bond motifs is 2. The summed E-state index contributed by atoms with van der Waals surface area (Å²) >= 11 is 1.89. The number of thiophene rings is 1. The number of hydrogen-bond donors (Lipinski definition) is 1. The van der Waals surface area contributed by atoms with E-state index < -0.39 is 0 Å². The van der Waals surface area contributed by atoms with E-state index in [1.54, 1.807) is 5.56 Å². The van der Waals surface area contributed by atoms with E-state index in [1.807, 2.05) is 11.3 Å². The average Bonchev–Trinajstić information content (AvgIpc) is 2.75. The second-order valence-electron chi connectivity index (χ2n) is 4.67. The number of nitrogens with zero attached hydrogens (tertiary/aromatic N) is 1. The summed E-state index contributed by atoms with van der Waals surface area (Å²) in [7, 11) is 0. The molecule has 1 aromatic carbocycles. The zero-order chi connectivity index (χ0) is 10.5. The Balaban J connectivity index is 1.98. The summed E-state index contributed by atoms with van der Waals surface area (Å²) in [5.41, 5.74) is 3.02. The van der Waals surface area contributed by atoms with Gasteiger partial charge in [-0.15, -0.1) is 11.3 Å². The Kier molecular flexibility index (Phi) is 1.81. The Morgan fingerprint density at radius 2 is 2.38 bits per heavy atom. The number of anilines is 1. The molecule has 82 valence electrons. The predicted molar refractivity (Wildman–Crippen MR) is 69.5 cm³/mol. The van der Waals surface area contributed by atoms with E-state index in [1.165, 1.54) is 22.2 Å². The van der Waals surface area contributed by atoms with Gasteiger partial charge in [-0.05, 0) is 29.5 Å². The molecular weight excluding hydrogens is 216 g/mol. The van der Waals surface area contributed by atoms with Gasteiger partial charge in [0.15, 0.2) is 0 Å². The van der Waals surface area contributed by atoms with Gasteiger partial charge < -0.3 is 10.2 Å². The van der Waals surface area contributed by atoms with E-state index in [-0.39, 0.29) is 0 Å². The Morgan fingerprint density at radius 3 is 3.38 bits per heavy atom. The lowest BCUT2D eigenvalue weighted by atomic mass is 9.95. The minimum Gasteiger partial charge on any atom is -0.365 e. The minimum atomic E-state index is 0.668. The van der Waals surface area contributed by atoms with Crippen molar-refractivity contribution in [3.63, 3.8) is 0 Å². The van der Waals surface area contributed by atoms with Crippen molar-refractivity contribution in [1.82, 2.24) is 5.32 Å². The van der Waals surface area contributed by atoms with Crippen LogP contribution in [0.25, 0.3) is 10.1 Å². The number of hydrogen-bond acceptors (Lipinski definition) is 3. The largest absolute Gasteiger partial charge is 0.365 e. The molecular formula is C13H14N2S. The number of benzene rings is 1. The molecule has 2 aliphatic heterocycles. The fourth-order valence-corrected chi connectivity index (χ4v) is 4.03. The number of rotatable bonds is 0. The van der Waals surface area contributed by atoms with Gasteiger partial charge in [0.2, 0.25) is 0 Å². The first-order valence-electron chi connectivity index (χ1n) is 5.90. The Bertz CT molecular complexity index is 546. The predicted octanol–water partition coefficient (Wildman–Crippen LogP) is 2.24. The highest BCUT2D eigenvalue weighted by atomic mass is 32.1. The van der Waals surface area contributed by atoms with Gasteiger partial charge in [-0.1, -0.05) is 6.07 Å². The van der Waals surface area contributed by atoms with Gasteiger partial charge in [0.1, 0.15) is 0 Å². The lowest BCUT2D eigenvalue weighted by Crippen LogP contribution is -2.53. The van der Waals surface area contributed by atoms with Crippen molar-refractivity contribution >= 4 is 27.1 Å². The topological polar surface area (TPSA) is 15.3 Å². The molecule has 1 saturated heterocycles. The maximum Gasteiger partial charge on any atom is 0.0460 e. The highest BCUT2D eigenvalue weighted by molar-refractivity contribution is 7.17. The van der Waals surface area contributed by atoms with Crippen LogP contribution in [0.2, 0.25) is 0 Å². The zero-order valence-corrected chi connectivity index (χ0v) is 9.89.